The first-order chi connectivity index (χ1) is 21.6. The smallest absolute Gasteiger partial charge is 0.242 e. The average Bonchev–Trinajstić information content (AvgIpc) is 3.55. The lowest BCUT2D eigenvalue weighted by Crippen LogP contribution is -2.58. The van der Waals surface area contributed by atoms with E-state index in [9.17, 15) is 9.59 Å². The van der Waals surface area contributed by atoms with E-state index in [4.69, 9.17) is 17.3 Å². The Kier molecular flexibility index (Phi) is 9.03. The number of aryl methyl sites for hydroxylation is 1. The molecular formula is C34H35BrClN5O3S. The molecule has 3 atom stereocenters. The number of carbonyl (C=O) groups is 3. The molecule has 3 heterocycles. The Morgan fingerprint density at radius 1 is 1.04 bits per heavy atom. The molecule has 8 nitrogen and oxygen atoms in total. The first kappa shape index (κ1) is 31.7. The zero-order chi connectivity index (χ0) is 31.9. The van der Waals surface area contributed by atoms with Gasteiger partial charge < -0.3 is 25.4 Å². The maximum atomic E-state index is 15.0. The molecule has 3 unspecified atom stereocenters. The highest BCUT2D eigenvalue weighted by Gasteiger charge is 2.60. The van der Waals surface area contributed by atoms with Gasteiger partial charge in [0.25, 0.3) is 0 Å². The average molecular weight is 709 g/mol. The van der Waals surface area contributed by atoms with Gasteiger partial charge in [-0.15, -0.1) is 11.8 Å². The lowest BCUT2D eigenvalue weighted by atomic mass is 9.90. The van der Waals surface area contributed by atoms with Crippen molar-refractivity contribution in [1.29, 1.82) is 0 Å². The molecule has 3 amide bonds. The lowest BCUT2D eigenvalue weighted by Gasteiger charge is -2.42. The van der Waals surface area contributed by atoms with Crippen molar-refractivity contribution in [2.24, 2.45) is 5.73 Å². The second kappa shape index (κ2) is 12.8. The van der Waals surface area contributed by atoms with Gasteiger partial charge in [-0.1, -0.05) is 63.4 Å². The number of halogens is 2. The molecule has 234 valence electrons. The van der Waals surface area contributed by atoms with Gasteiger partial charge in [0.2, 0.25) is 17.7 Å². The number of H-pyrrole nitrogens is 1. The zero-order valence-corrected chi connectivity index (χ0v) is 28.3. The molecule has 0 saturated carbocycles. The predicted octanol–water partition coefficient (Wildman–Crippen LogP) is 5.91. The number of rotatable bonds is 7. The number of hydrogen-bond acceptors (Lipinski definition) is 5. The van der Waals surface area contributed by atoms with E-state index in [1.54, 1.807) is 11.8 Å². The van der Waals surface area contributed by atoms with Gasteiger partial charge in [-0.3, -0.25) is 14.4 Å². The summed E-state index contributed by atoms with van der Waals surface area (Å²) in [7, 11) is 0. The van der Waals surface area contributed by atoms with E-state index in [0.717, 1.165) is 37.0 Å². The van der Waals surface area contributed by atoms with Crippen LogP contribution in [0.15, 0.2) is 82.3 Å². The third-order valence-corrected chi connectivity index (χ3v) is 10.9. The van der Waals surface area contributed by atoms with Crippen LogP contribution in [0, 0.1) is 6.92 Å². The monoisotopic (exact) mass is 707 g/mol. The molecule has 2 aliphatic heterocycles. The number of aromatic amines is 1. The second-order valence-electron chi connectivity index (χ2n) is 11.9. The van der Waals surface area contributed by atoms with Crippen LogP contribution in [0.5, 0.6) is 0 Å². The van der Waals surface area contributed by atoms with E-state index in [-0.39, 0.29) is 24.1 Å². The van der Waals surface area contributed by atoms with Crippen LogP contribution < -0.4 is 5.73 Å². The van der Waals surface area contributed by atoms with E-state index in [0.29, 0.717) is 37.7 Å². The highest BCUT2D eigenvalue weighted by molar-refractivity contribution is 9.10. The Bertz CT molecular complexity index is 1740. The normalized spacial score (nSPS) is 21.0. The number of hydrogen-bond donors (Lipinski definition) is 2. The SMILES string of the molecule is Cc1ccc(SC2(C(=O)N3CCN(C(=O)C(C)N)CC3)CC(=O)N(Cc3ccc(Br)cc3)C2c2c[nH]c3cc(Cl)ccc23)cc1. The van der Waals surface area contributed by atoms with Crippen LogP contribution >= 0.6 is 39.3 Å². The Labute approximate surface area is 280 Å². The van der Waals surface area contributed by atoms with E-state index >= 15 is 4.79 Å². The maximum Gasteiger partial charge on any atom is 0.242 e. The fraction of sp³-hybridized carbons (Fsp3) is 0.324. The van der Waals surface area contributed by atoms with Gasteiger partial charge in [0, 0.05) is 69.8 Å². The third kappa shape index (κ3) is 6.25. The number of likely N-dealkylation sites (tertiary alicyclic amines) is 1. The van der Waals surface area contributed by atoms with Gasteiger partial charge in [0.1, 0.15) is 4.75 Å². The van der Waals surface area contributed by atoms with Crippen molar-refractivity contribution in [2.75, 3.05) is 26.2 Å². The molecule has 1 aromatic heterocycles. The summed E-state index contributed by atoms with van der Waals surface area (Å²) in [5.74, 6) is -0.330. The molecule has 0 aliphatic carbocycles. The van der Waals surface area contributed by atoms with E-state index < -0.39 is 16.8 Å². The molecule has 0 bridgehead atoms. The molecule has 6 rings (SSSR count). The standard InChI is InChI=1S/C34H35BrClN5O3S/c1-21-3-10-26(11-4-21)45-34(33(44)40-15-13-39(14-16-40)32(43)22(2)37)18-30(42)41(20-23-5-7-24(35)8-6-23)31(34)28-19-38-29-17-25(36)9-12-27(28)29/h3-12,17,19,22,31,38H,13-16,18,20,37H2,1-2H3. The zero-order valence-electron chi connectivity index (χ0n) is 25.1. The number of fused-ring (bicyclic) bond motifs is 1. The molecule has 0 spiro atoms. The van der Waals surface area contributed by atoms with Gasteiger partial charge in [-0.05, 0) is 55.8 Å². The fourth-order valence-electron chi connectivity index (χ4n) is 6.38. The van der Waals surface area contributed by atoms with Crippen LogP contribution in [0.2, 0.25) is 5.02 Å². The number of amides is 3. The molecule has 2 saturated heterocycles. The predicted molar refractivity (Wildman–Crippen MR) is 182 cm³/mol. The summed E-state index contributed by atoms with van der Waals surface area (Å²) in [6, 6.07) is 20.4. The number of aromatic nitrogens is 1. The highest BCUT2D eigenvalue weighted by atomic mass is 79.9. The largest absolute Gasteiger partial charge is 0.361 e. The first-order valence-electron chi connectivity index (χ1n) is 15.0. The van der Waals surface area contributed by atoms with Crippen LogP contribution in [0.1, 0.15) is 36.1 Å². The summed E-state index contributed by atoms with van der Waals surface area (Å²) >= 11 is 11.3. The second-order valence-corrected chi connectivity index (χ2v) is 14.6. The number of nitrogens with zero attached hydrogens (tertiary/aromatic N) is 3. The van der Waals surface area contributed by atoms with Crippen LogP contribution in [0.25, 0.3) is 10.9 Å². The summed E-state index contributed by atoms with van der Waals surface area (Å²) in [6.07, 6.45) is 1.95. The summed E-state index contributed by atoms with van der Waals surface area (Å²) in [4.78, 5) is 51.6. The topological polar surface area (TPSA) is 103 Å². The molecule has 45 heavy (non-hydrogen) atoms. The number of carbonyl (C=O) groups excluding carboxylic acids is 3. The quantitative estimate of drug-likeness (QED) is 0.249. The van der Waals surface area contributed by atoms with Crippen LogP contribution in [-0.4, -0.2) is 74.4 Å². The minimum Gasteiger partial charge on any atom is -0.361 e. The van der Waals surface area contributed by atoms with Crippen LogP contribution in [0.4, 0.5) is 0 Å². The summed E-state index contributed by atoms with van der Waals surface area (Å²) < 4.78 is -0.228. The van der Waals surface area contributed by atoms with Crippen LogP contribution in [-0.2, 0) is 20.9 Å². The Morgan fingerprint density at radius 3 is 2.38 bits per heavy atom. The molecule has 11 heteroatoms. The van der Waals surface area contributed by atoms with Crippen molar-refractivity contribution < 1.29 is 14.4 Å². The van der Waals surface area contributed by atoms with Gasteiger partial charge in [0.15, 0.2) is 0 Å². The Morgan fingerprint density at radius 2 is 1.71 bits per heavy atom. The van der Waals surface area contributed by atoms with E-state index in [2.05, 4.69) is 20.9 Å². The van der Waals surface area contributed by atoms with Crippen molar-refractivity contribution >= 4 is 67.9 Å². The Hall–Kier alpha value is -3.31. The Balaban J connectivity index is 1.47. The van der Waals surface area contributed by atoms with Crippen molar-refractivity contribution in [1.82, 2.24) is 19.7 Å². The van der Waals surface area contributed by atoms with Crippen molar-refractivity contribution in [2.45, 2.75) is 48.5 Å². The van der Waals surface area contributed by atoms with Crippen molar-refractivity contribution in [3.05, 3.63) is 99.1 Å². The minimum atomic E-state index is -1.18. The molecule has 3 aromatic carbocycles. The molecule has 2 fully saturated rings. The van der Waals surface area contributed by atoms with Gasteiger partial charge in [0.05, 0.1) is 18.5 Å². The molecule has 0 radical (unpaired) electrons. The number of piperazine rings is 1. The number of thioether (sulfide) groups is 1. The molecular weight excluding hydrogens is 674 g/mol. The van der Waals surface area contributed by atoms with Crippen molar-refractivity contribution in [3.8, 4) is 0 Å². The maximum absolute atomic E-state index is 15.0. The fourth-order valence-corrected chi connectivity index (χ4v) is 8.29. The van der Waals surface area contributed by atoms with Gasteiger partial charge in [-0.25, -0.2) is 0 Å². The number of nitrogens with one attached hydrogen (secondary N) is 1. The summed E-state index contributed by atoms with van der Waals surface area (Å²) in [5, 5.41) is 1.51. The van der Waals surface area contributed by atoms with E-state index in [1.165, 1.54) is 11.8 Å². The lowest BCUT2D eigenvalue weighted by molar-refractivity contribution is -0.142. The first-order valence-corrected chi connectivity index (χ1v) is 16.9. The van der Waals surface area contributed by atoms with Gasteiger partial charge in [-0.2, -0.15) is 0 Å². The van der Waals surface area contributed by atoms with Gasteiger partial charge >= 0.3 is 0 Å². The van der Waals surface area contributed by atoms with Crippen molar-refractivity contribution in [3.63, 3.8) is 0 Å². The minimum absolute atomic E-state index is 0.0326. The number of benzene rings is 3. The molecule has 2 aliphatic rings. The third-order valence-electron chi connectivity index (χ3n) is 8.68. The molecule has 4 aromatic rings. The molecule has 3 N–H and O–H groups in total. The summed E-state index contributed by atoms with van der Waals surface area (Å²) in [6.45, 7) is 5.56. The van der Waals surface area contributed by atoms with E-state index in [1.807, 2.05) is 89.7 Å². The highest BCUT2D eigenvalue weighted by Crippen LogP contribution is 2.55. The van der Waals surface area contributed by atoms with Crippen LogP contribution in [0.3, 0.4) is 0 Å². The number of nitrogens with two attached hydrogens (primary N) is 1. The summed E-state index contributed by atoms with van der Waals surface area (Å²) in [5.41, 5.74) is 9.65.